The number of carbonyl (C=O) groups is 1. The Balaban J connectivity index is 1.78. The van der Waals surface area contributed by atoms with Crippen LogP contribution >= 0.6 is 11.3 Å². The Labute approximate surface area is 137 Å². The first-order valence-electron chi connectivity index (χ1n) is 7.04. The van der Waals surface area contributed by atoms with Gasteiger partial charge in [-0.3, -0.25) is 15.1 Å². The number of thiazole rings is 1. The third-order valence-electron chi connectivity index (χ3n) is 2.95. The van der Waals surface area contributed by atoms with Gasteiger partial charge in [0, 0.05) is 17.8 Å². The second-order valence-electron chi connectivity index (χ2n) is 4.50. The van der Waals surface area contributed by atoms with Gasteiger partial charge in [-0.1, -0.05) is 6.07 Å². The van der Waals surface area contributed by atoms with Crippen LogP contribution in [0.5, 0.6) is 5.88 Å². The van der Waals surface area contributed by atoms with Crippen LogP contribution in [0, 0.1) is 0 Å². The number of pyridine rings is 2. The summed E-state index contributed by atoms with van der Waals surface area (Å²) in [5, 5.41) is 5.12. The molecule has 116 valence electrons. The smallest absolute Gasteiger partial charge is 0.262 e. The average molecular weight is 326 g/mol. The van der Waals surface area contributed by atoms with Crippen LogP contribution in [-0.2, 0) is 0 Å². The van der Waals surface area contributed by atoms with Crippen molar-refractivity contribution in [3.63, 3.8) is 0 Å². The molecule has 3 aromatic heterocycles. The summed E-state index contributed by atoms with van der Waals surface area (Å²) < 4.78 is 5.37. The second kappa shape index (κ2) is 6.97. The van der Waals surface area contributed by atoms with Gasteiger partial charge in [0.05, 0.1) is 12.3 Å². The van der Waals surface area contributed by atoms with E-state index in [1.807, 2.05) is 30.5 Å². The summed E-state index contributed by atoms with van der Waals surface area (Å²) in [6.45, 7) is 2.29. The molecule has 1 N–H and O–H groups in total. The molecule has 0 aliphatic heterocycles. The van der Waals surface area contributed by atoms with E-state index in [1.165, 1.54) is 11.3 Å². The summed E-state index contributed by atoms with van der Waals surface area (Å²) in [4.78, 5) is 25.1. The van der Waals surface area contributed by atoms with E-state index >= 15 is 0 Å². The number of ether oxygens (including phenoxy) is 1. The van der Waals surface area contributed by atoms with E-state index in [-0.39, 0.29) is 5.91 Å². The minimum Gasteiger partial charge on any atom is -0.477 e. The lowest BCUT2D eigenvalue weighted by atomic mass is 10.2. The maximum atomic E-state index is 12.4. The maximum Gasteiger partial charge on any atom is 0.262 e. The molecule has 0 unspecified atom stereocenters. The fourth-order valence-electron chi connectivity index (χ4n) is 1.94. The largest absolute Gasteiger partial charge is 0.477 e. The third kappa shape index (κ3) is 3.51. The van der Waals surface area contributed by atoms with E-state index in [1.54, 1.807) is 24.5 Å². The lowest BCUT2D eigenvalue weighted by Gasteiger charge is -2.07. The highest BCUT2D eigenvalue weighted by atomic mass is 32.1. The monoisotopic (exact) mass is 326 g/mol. The van der Waals surface area contributed by atoms with Crippen LogP contribution in [0.3, 0.4) is 0 Å². The molecule has 0 aliphatic rings. The summed E-state index contributed by atoms with van der Waals surface area (Å²) in [5.74, 6) is 0.0116. The highest BCUT2D eigenvalue weighted by Crippen LogP contribution is 2.24. The first-order valence-corrected chi connectivity index (χ1v) is 7.92. The van der Waals surface area contributed by atoms with Crippen molar-refractivity contribution < 1.29 is 9.53 Å². The van der Waals surface area contributed by atoms with E-state index in [2.05, 4.69) is 20.3 Å². The molecule has 7 heteroatoms. The molecule has 0 bridgehead atoms. The number of hydrogen-bond acceptors (Lipinski definition) is 6. The molecule has 3 rings (SSSR count). The number of rotatable bonds is 5. The highest BCUT2D eigenvalue weighted by Gasteiger charge is 2.15. The summed E-state index contributed by atoms with van der Waals surface area (Å²) >= 11 is 1.34. The van der Waals surface area contributed by atoms with Crippen LogP contribution in [-0.4, -0.2) is 27.5 Å². The van der Waals surface area contributed by atoms with Crippen molar-refractivity contribution in [2.24, 2.45) is 0 Å². The van der Waals surface area contributed by atoms with Gasteiger partial charge in [0.1, 0.15) is 11.3 Å². The molecule has 23 heavy (non-hydrogen) atoms. The molecule has 0 radical (unpaired) electrons. The maximum absolute atomic E-state index is 12.4. The summed E-state index contributed by atoms with van der Waals surface area (Å²) in [6.07, 6.45) is 3.29. The Morgan fingerprint density at radius 2 is 2.04 bits per heavy atom. The van der Waals surface area contributed by atoms with Crippen molar-refractivity contribution in [2.45, 2.75) is 6.92 Å². The molecule has 3 aromatic rings. The predicted octanol–water partition coefficient (Wildman–Crippen LogP) is 3.25. The van der Waals surface area contributed by atoms with Crippen molar-refractivity contribution in [3.8, 4) is 17.3 Å². The molecule has 3 heterocycles. The molecular formula is C16H14N4O2S. The van der Waals surface area contributed by atoms with Gasteiger partial charge in [-0.05, 0) is 31.2 Å². The van der Waals surface area contributed by atoms with Gasteiger partial charge in [0.2, 0.25) is 5.88 Å². The van der Waals surface area contributed by atoms with E-state index in [0.29, 0.717) is 23.2 Å². The Morgan fingerprint density at radius 3 is 2.83 bits per heavy atom. The third-order valence-corrected chi connectivity index (χ3v) is 3.71. The van der Waals surface area contributed by atoms with Crippen LogP contribution in [0.25, 0.3) is 11.4 Å². The summed E-state index contributed by atoms with van der Waals surface area (Å²) in [6, 6.07) is 8.97. The van der Waals surface area contributed by atoms with Crippen molar-refractivity contribution in [1.29, 1.82) is 0 Å². The summed E-state index contributed by atoms with van der Waals surface area (Å²) in [5.41, 5.74) is 1.87. The topological polar surface area (TPSA) is 77.0 Å². The quantitative estimate of drug-likeness (QED) is 0.779. The van der Waals surface area contributed by atoms with Crippen LogP contribution in [0.4, 0.5) is 5.13 Å². The molecular weight excluding hydrogens is 312 g/mol. The Hall–Kier alpha value is -2.80. The highest BCUT2D eigenvalue weighted by molar-refractivity contribution is 7.14. The average Bonchev–Trinajstić information content (AvgIpc) is 3.05. The van der Waals surface area contributed by atoms with Gasteiger partial charge in [0.25, 0.3) is 5.91 Å². The fraction of sp³-hybridized carbons (Fsp3) is 0.125. The molecule has 0 fully saturated rings. The van der Waals surface area contributed by atoms with E-state index in [0.717, 1.165) is 11.4 Å². The lowest BCUT2D eigenvalue weighted by Crippen LogP contribution is -2.14. The first kappa shape index (κ1) is 15.1. The number of nitrogens with zero attached hydrogens (tertiary/aromatic N) is 3. The van der Waals surface area contributed by atoms with Gasteiger partial charge in [-0.15, -0.1) is 11.3 Å². The van der Waals surface area contributed by atoms with Gasteiger partial charge in [-0.2, -0.15) is 0 Å². The number of nitrogens with one attached hydrogen (secondary N) is 1. The van der Waals surface area contributed by atoms with Crippen LogP contribution < -0.4 is 10.1 Å². The van der Waals surface area contributed by atoms with Crippen LogP contribution in [0.15, 0.2) is 48.1 Å². The number of amides is 1. The van der Waals surface area contributed by atoms with Crippen molar-refractivity contribution in [1.82, 2.24) is 15.0 Å². The molecule has 0 aliphatic carbocycles. The SMILES string of the molecule is CCOc1ncccc1C(=O)Nc1nc(-c2ccccn2)cs1. The van der Waals surface area contributed by atoms with Gasteiger partial charge in [-0.25, -0.2) is 9.97 Å². The second-order valence-corrected chi connectivity index (χ2v) is 5.35. The van der Waals surface area contributed by atoms with Crippen molar-refractivity contribution >= 4 is 22.4 Å². The molecule has 0 aromatic carbocycles. The number of aromatic nitrogens is 3. The normalized spacial score (nSPS) is 10.3. The minimum absolute atomic E-state index is 0.302. The lowest BCUT2D eigenvalue weighted by molar-refractivity contribution is 0.102. The zero-order valence-corrected chi connectivity index (χ0v) is 13.2. The molecule has 0 saturated carbocycles. The number of anilines is 1. The molecule has 6 nitrogen and oxygen atoms in total. The predicted molar refractivity (Wildman–Crippen MR) is 88.7 cm³/mol. The summed E-state index contributed by atoms with van der Waals surface area (Å²) in [7, 11) is 0. The van der Waals surface area contributed by atoms with E-state index < -0.39 is 0 Å². The zero-order chi connectivity index (χ0) is 16.1. The molecule has 0 spiro atoms. The van der Waals surface area contributed by atoms with Crippen molar-refractivity contribution in [3.05, 3.63) is 53.7 Å². The zero-order valence-electron chi connectivity index (χ0n) is 12.4. The standard InChI is InChI=1S/C16H14N4O2S/c1-2-22-15-11(6-5-9-18-15)14(21)20-16-19-13(10-23-16)12-7-3-4-8-17-12/h3-10H,2H2,1H3,(H,19,20,21). The van der Waals surface area contributed by atoms with Crippen LogP contribution in [0.2, 0.25) is 0 Å². The number of hydrogen-bond donors (Lipinski definition) is 1. The Bertz CT molecular complexity index is 805. The van der Waals surface area contributed by atoms with Gasteiger partial charge < -0.3 is 4.74 Å². The first-order chi connectivity index (χ1) is 11.3. The number of carbonyl (C=O) groups excluding carboxylic acids is 1. The minimum atomic E-state index is -0.302. The van der Waals surface area contributed by atoms with Crippen LogP contribution in [0.1, 0.15) is 17.3 Å². The van der Waals surface area contributed by atoms with Crippen molar-refractivity contribution in [2.75, 3.05) is 11.9 Å². The Morgan fingerprint density at radius 1 is 1.17 bits per heavy atom. The molecule has 0 atom stereocenters. The van der Waals surface area contributed by atoms with Gasteiger partial charge >= 0.3 is 0 Å². The fourth-order valence-corrected chi connectivity index (χ4v) is 2.64. The van der Waals surface area contributed by atoms with Gasteiger partial charge in [0.15, 0.2) is 5.13 Å². The van der Waals surface area contributed by atoms with E-state index in [4.69, 9.17) is 4.74 Å². The Kier molecular flexibility index (Phi) is 4.58. The van der Waals surface area contributed by atoms with E-state index in [9.17, 15) is 4.79 Å². The molecule has 1 amide bonds. The molecule has 0 saturated heterocycles.